The number of carbonyl (C=O) groups excluding carboxylic acids is 6. The molecule has 0 radical (unpaired) electrons. The van der Waals surface area contributed by atoms with E-state index in [4.69, 9.17) is 5.73 Å². The summed E-state index contributed by atoms with van der Waals surface area (Å²) in [5, 5.41) is 48.1. The van der Waals surface area contributed by atoms with Gasteiger partial charge in [-0.15, -0.1) is 0 Å². The van der Waals surface area contributed by atoms with Gasteiger partial charge in [-0.1, -0.05) is 13.8 Å². The number of benzene rings is 2. The molecule has 0 saturated heterocycles. The molecule has 2 saturated carbocycles. The molecule has 7 N–H and O–H groups in total. The zero-order valence-electron chi connectivity index (χ0n) is 23.4. The zero-order chi connectivity index (χ0) is 32.4. The minimum absolute atomic E-state index is 0.0623. The highest BCUT2D eigenvalue weighted by molar-refractivity contribution is 6.31. The molecule has 2 unspecified atom stereocenters. The fourth-order valence-corrected chi connectivity index (χ4v) is 6.73. The second-order valence-corrected chi connectivity index (χ2v) is 11.6. The number of urea groups is 1. The third-order valence-electron chi connectivity index (χ3n) is 8.73. The van der Waals surface area contributed by atoms with Crippen LogP contribution in [0.1, 0.15) is 54.1 Å². The van der Waals surface area contributed by atoms with E-state index < -0.39 is 92.9 Å². The van der Waals surface area contributed by atoms with Gasteiger partial charge >= 0.3 is 6.03 Å². The summed E-state index contributed by atoms with van der Waals surface area (Å²) in [7, 11) is 0. The van der Waals surface area contributed by atoms with Gasteiger partial charge in [0, 0.05) is 12.3 Å². The van der Waals surface area contributed by atoms with Crippen molar-refractivity contribution in [3.63, 3.8) is 0 Å². The van der Waals surface area contributed by atoms with Gasteiger partial charge in [-0.05, 0) is 54.0 Å². The van der Waals surface area contributed by atoms with E-state index in [1.807, 2.05) is 0 Å². The van der Waals surface area contributed by atoms with Gasteiger partial charge in [0.2, 0.25) is 5.91 Å². The molecule has 2 aromatic carbocycles. The van der Waals surface area contributed by atoms with Gasteiger partial charge in [-0.25, -0.2) is 4.79 Å². The predicted molar refractivity (Wildman–Crippen MR) is 150 cm³/mol. The van der Waals surface area contributed by atoms with Crippen LogP contribution in [-0.4, -0.2) is 60.9 Å². The van der Waals surface area contributed by atoms with Crippen LogP contribution in [0, 0.1) is 33.8 Å². The number of Topliss-reactive ketones (excluding diaryl/α,β-unsaturated/α-hetero) is 4. The van der Waals surface area contributed by atoms with E-state index in [9.17, 15) is 54.2 Å². The first-order valence-corrected chi connectivity index (χ1v) is 13.7. The fourth-order valence-electron chi connectivity index (χ4n) is 6.73. The van der Waals surface area contributed by atoms with E-state index in [0.29, 0.717) is 11.1 Å². The molecule has 0 aromatic heterocycles. The molecule has 5 rings (SSSR count). The third-order valence-corrected chi connectivity index (χ3v) is 8.73. The average Bonchev–Trinajstić information content (AvgIpc) is 2.92. The van der Waals surface area contributed by atoms with E-state index in [1.165, 1.54) is 6.07 Å². The lowest BCUT2D eigenvalue weighted by molar-refractivity contribution is -0.384. The molecule has 15 heteroatoms. The molecule has 3 amide bonds. The molecule has 0 bridgehead atoms. The van der Waals surface area contributed by atoms with E-state index >= 15 is 0 Å². The standard InChI is InChI=1S/C29H28N4O11/c1-10(2)14-9-17(32-28(41)31-16-4-3-13(34)8-18(16)33(43)44)23(36)21-15(14)6-11-5-12-7-19(35)22(27(30)40)26(39)29(12,42)25(38)20(11)24(21)37/h3-4,8-12,20,22,34,36,42H,5-7H2,1-2H3,(H2,30,40)(H2,31,32,41)/t11-,12+,20?,22?,29+/m1/s1. The van der Waals surface area contributed by atoms with Crippen LogP contribution in [-0.2, 0) is 25.6 Å². The van der Waals surface area contributed by atoms with Crippen LogP contribution in [0.2, 0.25) is 0 Å². The Hall–Kier alpha value is -5.18. The maximum atomic E-state index is 14.0. The zero-order valence-corrected chi connectivity index (χ0v) is 23.4. The number of hydrogen-bond donors (Lipinski definition) is 6. The number of aromatic hydroxyl groups is 2. The van der Waals surface area contributed by atoms with Crippen molar-refractivity contribution in [3.05, 3.63) is 51.1 Å². The van der Waals surface area contributed by atoms with Gasteiger partial charge in [-0.2, -0.15) is 0 Å². The third kappa shape index (κ3) is 4.56. The largest absolute Gasteiger partial charge is 0.508 e. The number of nitro benzene ring substituents is 1. The van der Waals surface area contributed by atoms with Crippen molar-refractivity contribution in [1.82, 2.24) is 0 Å². The summed E-state index contributed by atoms with van der Waals surface area (Å²) in [5.41, 5.74) is 1.90. The van der Waals surface area contributed by atoms with Crippen LogP contribution in [0.15, 0.2) is 24.3 Å². The number of ketones is 4. The monoisotopic (exact) mass is 608 g/mol. The number of nitrogens with two attached hydrogens (primary N) is 1. The predicted octanol–water partition coefficient (Wildman–Crippen LogP) is 1.71. The van der Waals surface area contributed by atoms with Gasteiger partial charge in [0.1, 0.15) is 17.2 Å². The van der Waals surface area contributed by atoms with Crippen LogP contribution in [0.3, 0.4) is 0 Å². The Kier molecular flexibility index (Phi) is 7.24. The second kappa shape index (κ2) is 10.5. The first-order chi connectivity index (χ1) is 20.6. The number of hydrogen-bond acceptors (Lipinski definition) is 11. The number of carbonyl (C=O) groups is 6. The van der Waals surface area contributed by atoms with Crippen LogP contribution < -0.4 is 16.4 Å². The lowest BCUT2D eigenvalue weighted by Crippen LogP contribution is -2.68. The molecule has 3 aliphatic rings. The first-order valence-electron chi connectivity index (χ1n) is 13.7. The Morgan fingerprint density at radius 1 is 1.05 bits per heavy atom. The topological polar surface area (TPSA) is 256 Å². The van der Waals surface area contributed by atoms with Crippen molar-refractivity contribution < 1.29 is 49.0 Å². The second-order valence-electron chi connectivity index (χ2n) is 11.6. The highest BCUT2D eigenvalue weighted by Crippen LogP contribution is 2.51. The number of phenolic OH excluding ortho intramolecular Hbond substituents is 2. The number of fused-ring (bicyclic) bond motifs is 3. The van der Waals surface area contributed by atoms with Crippen molar-refractivity contribution in [2.75, 3.05) is 10.6 Å². The molecule has 0 aliphatic heterocycles. The highest BCUT2D eigenvalue weighted by Gasteiger charge is 2.66. The fraction of sp³-hybridized carbons (Fsp3) is 0.379. The number of rotatable bonds is 5. The van der Waals surface area contributed by atoms with Crippen molar-refractivity contribution in [3.8, 4) is 11.5 Å². The van der Waals surface area contributed by atoms with E-state index in [2.05, 4.69) is 10.6 Å². The van der Waals surface area contributed by atoms with Crippen molar-refractivity contribution in [1.29, 1.82) is 0 Å². The van der Waals surface area contributed by atoms with E-state index in [-0.39, 0.29) is 35.7 Å². The van der Waals surface area contributed by atoms with Crippen LogP contribution in [0.5, 0.6) is 11.5 Å². The van der Waals surface area contributed by atoms with Crippen molar-refractivity contribution in [2.45, 2.75) is 44.6 Å². The van der Waals surface area contributed by atoms with Crippen LogP contribution in [0.4, 0.5) is 21.9 Å². The molecule has 230 valence electrons. The quantitative estimate of drug-likeness (QED) is 0.0936. The maximum Gasteiger partial charge on any atom is 0.323 e. The number of amides is 3. The minimum atomic E-state index is -2.80. The molecule has 0 heterocycles. The molecule has 15 nitrogen and oxygen atoms in total. The molecular weight excluding hydrogens is 580 g/mol. The number of nitrogens with one attached hydrogen (secondary N) is 2. The normalized spacial score (nSPS) is 26.0. The lowest BCUT2D eigenvalue weighted by atomic mass is 9.53. The van der Waals surface area contributed by atoms with Crippen molar-refractivity contribution >= 4 is 52.1 Å². The van der Waals surface area contributed by atoms with Gasteiger partial charge in [-0.3, -0.25) is 34.1 Å². The van der Waals surface area contributed by atoms with Gasteiger partial charge in [0.15, 0.2) is 34.7 Å². The summed E-state index contributed by atoms with van der Waals surface area (Å²) < 4.78 is 0. The Morgan fingerprint density at radius 3 is 2.32 bits per heavy atom. The maximum absolute atomic E-state index is 14.0. The first kappa shape index (κ1) is 30.3. The average molecular weight is 609 g/mol. The molecule has 3 aliphatic carbocycles. The Bertz CT molecular complexity index is 1700. The van der Waals surface area contributed by atoms with Crippen molar-refractivity contribution in [2.24, 2.45) is 29.4 Å². The van der Waals surface area contributed by atoms with Crippen LogP contribution in [0.25, 0.3) is 0 Å². The van der Waals surface area contributed by atoms with Crippen LogP contribution >= 0.6 is 0 Å². The minimum Gasteiger partial charge on any atom is -0.508 e. The molecule has 2 aromatic rings. The van der Waals surface area contributed by atoms with E-state index in [0.717, 1.165) is 18.2 Å². The number of phenols is 2. The summed E-state index contributed by atoms with van der Waals surface area (Å²) in [6, 6.07) is 3.44. The summed E-state index contributed by atoms with van der Waals surface area (Å²) in [4.78, 5) is 88.6. The molecule has 0 spiro atoms. The van der Waals surface area contributed by atoms with Gasteiger partial charge in [0.25, 0.3) is 5.69 Å². The Morgan fingerprint density at radius 2 is 1.70 bits per heavy atom. The lowest BCUT2D eigenvalue weighted by Gasteiger charge is -2.48. The number of anilines is 2. The number of nitrogens with zero attached hydrogens (tertiary/aromatic N) is 1. The molecule has 2 fully saturated rings. The van der Waals surface area contributed by atoms with E-state index in [1.54, 1.807) is 13.8 Å². The smallest absolute Gasteiger partial charge is 0.323 e. The molecular formula is C29H28N4O11. The summed E-state index contributed by atoms with van der Waals surface area (Å²) in [6.07, 6.45) is -0.447. The number of primary amides is 1. The SMILES string of the molecule is CC(C)c1cc(NC(=O)Nc2ccc(O)cc2[N+](=O)[O-])c(O)c2c1C[C@H]1C[C@H]3CC(=O)C(C(N)=O)C(=O)[C@@]3(O)C(=O)C1C2=O. The number of nitro groups is 1. The Balaban J connectivity index is 1.52. The summed E-state index contributed by atoms with van der Waals surface area (Å²) in [5.74, 6) is -12.5. The van der Waals surface area contributed by atoms with Gasteiger partial charge in [0.05, 0.1) is 28.2 Å². The summed E-state index contributed by atoms with van der Waals surface area (Å²) in [6.45, 7) is 3.58. The molecule has 5 atom stereocenters. The summed E-state index contributed by atoms with van der Waals surface area (Å²) >= 11 is 0. The molecule has 44 heavy (non-hydrogen) atoms. The highest BCUT2D eigenvalue weighted by atomic mass is 16.6. The number of aliphatic hydroxyl groups is 1. The van der Waals surface area contributed by atoms with Gasteiger partial charge < -0.3 is 31.7 Å². The Labute approximate surface area is 248 Å².